The molecule has 0 radical (unpaired) electrons. The van der Waals surface area contributed by atoms with E-state index in [9.17, 15) is 9.59 Å². The number of nitrogens with one attached hydrogen (secondary N) is 2. The number of carbonyl (C=O) groups is 2. The van der Waals surface area contributed by atoms with Crippen LogP contribution < -0.4 is 15.0 Å². The van der Waals surface area contributed by atoms with Crippen molar-refractivity contribution >= 4 is 17.5 Å². The summed E-state index contributed by atoms with van der Waals surface area (Å²) in [6, 6.07) is 7.24. The minimum atomic E-state index is -0.168. The molecule has 2 aromatic rings. The standard InChI is InChI=1S/C18H22N4O3/c1-25-16-7-3-2-6-15(16)22-12-14(9-18(22)24)21-17(23)8-4-5-13-10-19-20-11-13/h2-3,6-7,10-11,14H,4-5,8-9,12H2,1H3,(H,19,20)(H,21,23)/t14-/m1/s1. The Balaban J connectivity index is 1.51. The smallest absolute Gasteiger partial charge is 0.229 e. The zero-order valence-electron chi connectivity index (χ0n) is 14.2. The van der Waals surface area contributed by atoms with Crippen molar-refractivity contribution in [3.8, 4) is 5.75 Å². The Hall–Kier alpha value is -2.83. The largest absolute Gasteiger partial charge is 0.495 e. The monoisotopic (exact) mass is 342 g/mol. The van der Waals surface area contributed by atoms with Crippen LogP contribution in [0.3, 0.4) is 0 Å². The number of ether oxygens (including phenoxy) is 1. The van der Waals surface area contributed by atoms with Gasteiger partial charge in [-0.3, -0.25) is 14.7 Å². The minimum Gasteiger partial charge on any atom is -0.495 e. The number of nitrogens with zero attached hydrogens (tertiary/aromatic N) is 2. The first-order valence-electron chi connectivity index (χ1n) is 8.38. The number of amides is 2. The van der Waals surface area contributed by atoms with Crippen LogP contribution in [0.4, 0.5) is 5.69 Å². The fourth-order valence-electron chi connectivity index (χ4n) is 3.06. The second-order valence-corrected chi connectivity index (χ2v) is 6.10. The highest BCUT2D eigenvalue weighted by molar-refractivity contribution is 5.98. The summed E-state index contributed by atoms with van der Waals surface area (Å²) in [5.74, 6) is 0.624. The van der Waals surface area contributed by atoms with Crippen molar-refractivity contribution in [2.75, 3.05) is 18.6 Å². The molecule has 0 unspecified atom stereocenters. The van der Waals surface area contributed by atoms with Crippen molar-refractivity contribution in [2.45, 2.75) is 31.7 Å². The number of anilines is 1. The Morgan fingerprint density at radius 1 is 1.44 bits per heavy atom. The summed E-state index contributed by atoms with van der Waals surface area (Å²) < 4.78 is 5.32. The maximum Gasteiger partial charge on any atom is 0.229 e. The van der Waals surface area contributed by atoms with Gasteiger partial charge in [0.1, 0.15) is 5.75 Å². The lowest BCUT2D eigenvalue weighted by molar-refractivity contribution is -0.121. The van der Waals surface area contributed by atoms with Gasteiger partial charge < -0.3 is 15.0 Å². The predicted octanol–water partition coefficient (Wildman–Crippen LogP) is 1.66. The predicted molar refractivity (Wildman–Crippen MR) is 93.4 cm³/mol. The van der Waals surface area contributed by atoms with E-state index in [0.29, 0.717) is 25.1 Å². The lowest BCUT2D eigenvalue weighted by atomic mass is 10.1. The summed E-state index contributed by atoms with van der Waals surface area (Å²) >= 11 is 0. The molecule has 1 fully saturated rings. The molecule has 3 rings (SSSR count). The Bertz CT molecular complexity index is 730. The van der Waals surface area contributed by atoms with Crippen LogP contribution in [0.1, 0.15) is 24.8 Å². The maximum absolute atomic E-state index is 12.3. The molecule has 0 spiro atoms. The molecule has 7 nitrogen and oxygen atoms in total. The number of hydrogen-bond acceptors (Lipinski definition) is 4. The van der Waals surface area contributed by atoms with E-state index in [1.165, 1.54) is 0 Å². The van der Waals surface area contributed by atoms with Crippen LogP contribution in [-0.2, 0) is 16.0 Å². The highest BCUT2D eigenvalue weighted by Crippen LogP contribution is 2.30. The second-order valence-electron chi connectivity index (χ2n) is 6.10. The van der Waals surface area contributed by atoms with Crippen LogP contribution >= 0.6 is 0 Å². The molecule has 132 valence electrons. The van der Waals surface area contributed by atoms with E-state index < -0.39 is 0 Å². The molecule has 2 heterocycles. The van der Waals surface area contributed by atoms with Gasteiger partial charge in [0.25, 0.3) is 0 Å². The molecule has 25 heavy (non-hydrogen) atoms. The molecule has 0 saturated carbocycles. The Morgan fingerprint density at radius 2 is 2.28 bits per heavy atom. The van der Waals surface area contributed by atoms with Crippen molar-refractivity contribution in [1.82, 2.24) is 15.5 Å². The molecule has 7 heteroatoms. The first-order chi connectivity index (χ1) is 12.2. The van der Waals surface area contributed by atoms with E-state index in [0.717, 1.165) is 24.1 Å². The molecular formula is C18H22N4O3. The number of para-hydroxylation sites is 2. The van der Waals surface area contributed by atoms with E-state index in [-0.39, 0.29) is 17.9 Å². The fourth-order valence-corrected chi connectivity index (χ4v) is 3.06. The number of carbonyl (C=O) groups excluding carboxylic acids is 2. The molecule has 1 aliphatic rings. The summed E-state index contributed by atoms with van der Waals surface area (Å²) in [5.41, 5.74) is 1.83. The van der Waals surface area contributed by atoms with Gasteiger partial charge >= 0.3 is 0 Å². The third kappa shape index (κ3) is 4.17. The van der Waals surface area contributed by atoms with Gasteiger partial charge in [-0.1, -0.05) is 12.1 Å². The Labute approximate surface area is 146 Å². The van der Waals surface area contributed by atoms with Gasteiger partial charge in [-0.25, -0.2) is 0 Å². The zero-order valence-corrected chi connectivity index (χ0v) is 14.2. The van der Waals surface area contributed by atoms with Gasteiger partial charge in [-0.2, -0.15) is 5.10 Å². The van der Waals surface area contributed by atoms with Gasteiger partial charge in [0.2, 0.25) is 11.8 Å². The van der Waals surface area contributed by atoms with Gasteiger partial charge in [0.05, 0.1) is 25.0 Å². The fraction of sp³-hybridized carbons (Fsp3) is 0.389. The third-order valence-corrected chi connectivity index (χ3v) is 4.29. The summed E-state index contributed by atoms with van der Waals surface area (Å²) in [4.78, 5) is 26.1. The van der Waals surface area contributed by atoms with Gasteiger partial charge in [0.15, 0.2) is 0 Å². The van der Waals surface area contributed by atoms with Gasteiger partial charge in [-0.05, 0) is 30.5 Å². The number of aromatic nitrogens is 2. The minimum absolute atomic E-state index is 0.00630. The Morgan fingerprint density at radius 3 is 3.04 bits per heavy atom. The normalized spacial score (nSPS) is 16.9. The number of hydrogen-bond donors (Lipinski definition) is 2. The molecule has 2 amide bonds. The van der Waals surface area contributed by atoms with E-state index in [2.05, 4.69) is 15.5 Å². The van der Waals surface area contributed by atoms with Crippen LogP contribution in [0.25, 0.3) is 0 Å². The van der Waals surface area contributed by atoms with E-state index >= 15 is 0 Å². The number of benzene rings is 1. The molecule has 1 aromatic heterocycles. The van der Waals surface area contributed by atoms with Crippen LogP contribution in [0, 0.1) is 0 Å². The number of methoxy groups -OCH3 is 1. The summed E-state index contributed by atoms with van der Waals surface area (Å²) in [7, 11) is 1.58. The Kier molecular flexibility index (Phi) is 5.33. The van der Waals surface area contributed by atoms with Crippen molar-refractivity contribution in [1.29, 1.82) is 0 Å². The zero-order chi connectivity index (χ0) is 17.6. The molecular weight excluding hydrogens is 320 g/mol. The molecule has 1 saturated heterocycles. The molecule has 0 aliphatic carbocycles. The van der Waals surface area contributed by atoms with E-state index in [1.54, 1.807) is 18.2 Å². The number of H-pyrrole nitrogens is 1. The van der Waals surface area contributed by atoms with Crippen molar-refractivity contribution in [3.63, 3.8) is 0 Å². The summed E-state index contributed by atoms with van der Waals surface area (Å²) in [6.45, 7) is 0.465. The molecule has 2 N–H and O–H groups in total. The topological polar surface area (TPSA) is 87.3 Å². The van der Waals surface area contributed by atoms with Crippen molar-refractivity contribution in [2.24, 2.45) is 0 Å². The highest BCUT2D eigenvalue weighted by Gasteiger charge is 2.32. The van der Waals surface area contributed by atoms with Crippen molar-refractivity contribution in [3.05, 3.63) is 42.2 Å². The second kappa shape index (κ2) is 7.83. The van der Waals surface area contributed by atoms with Crippen LogP contribution in [0.15, 0.2) is 36.7 Å². The number of aromatic amines is 1. The average Bonchev–Trinajstić information content (AvgIpc) is 3.24. The number of aryl methyl sites for hydroxylation is 1. The first-order valence-corrected chi connectivity index (χ1v) is 8.38. The molecule has 1 aromatic carbocycles. The van der Waals surface area contributed by atoms with Gasteiger partial charge in [-0.15, -0.1) is 0 Å². The van der Waals surface area contributed by atoms with E-state index in [1.807, 2.05) is 30.5 Å². The van der Waals surface area contributed by atoms with Crippen LogP contribution in [-0.4, -0.2) is 41.7 Å². The third-order valence-electron chi connectivity index (χ3n) is 4.29. The van der Waals surface area contributed by atoms with Crippen LogP contribution in [0.2, 0.25) is 0 Å². The molecule has 1 atom stereocenters. The molecule has 1 aliphatic heterocycles. The maximum atomic E-state index is 12.3. The first kappa shape index (κ1) is 17.0. The lowest BCUT2D eigenvalue weighted by Crippen LogP contribution is -2.37. The summed E-state index contributed by atoms with van der Waals surface area (Å²) in [6.07, 6.45) is 5.90. The van der Waals surface area contributed by atoms with E-state index in [4.69, 9.17) is 4.74 Å². The van der Waals surface area contributed by atoms with Gasteiger partial charge in [0, 0.05) is 25.6 Å². The van der Waals surface area contributed by atoms with Crippen LogP contribution in [0.5, 0.6) is 5.75 Å². The summed E-state index contributed by atoms with van der Waals surface area (Å²) in [5, 5.41) is 9.60. The van der Waals surface area contributed by atoms with Crippen molar-refractivity contribution < 1.29 is 14.3 Å². The highest BCUT2D eigenvalue weighted by atomic mass is 16.5. The number of rotatable bonds is 7. The quantitative estimate of drug-likeness (QED) is 0.801. The lowest BCUT2D eigenvalue weighted by Gasteiger charge is -2.19. The SMILES string of the molecule is COc1ccccc1N1C[C@H](NC(=O)CCCc2cn[nH]c2)CC1=O. The average molecular weight is 342 g/mol. The molecule has 0 bridgehead atoms.